The number of hydrogen-bond donors (Lipinski definition) is 0. The van der Waals surface area contributed by atoms with E-state index in [-0.39, 0.29) is 5.79 Å². The number of rotatable bonds is 3. The van der Waals surface area contributed by atoms with Crippen molar-refractivity contribution >= 4 is 0 Å². The minimum atomic E-state index is -0.151. The van der Waals surface area contributed by atoms with Crippen molar-refractivity contribution in [2.24, 2.45) is 5.92 Å². The molecule has 2 aliphatic rings. The normalized spacial score (nSPS) is 30.6. The Morgan fingerprint density at radius 3 is 2.64 bits per heavy atom. The van der Waals surface area contributed by atoms with Crippen molar-refractivity contribution in [1.29, 1.82) is 0 Å². The van der Waals surface area contributed by atoms with E-state index >= 15 is 0 Å². The number of hydrogen-bond acceptors (Lipinski definition) is 2. The summed E-state index contributed by atoms with van der Waals surface area (Å²) < 4.78 is 11.9. The van der Waals surface area contributed by atoms with Crippen LogP contribution in [0.5, 0.6) is 0 Å². The van der Waals surface area contributed by atoms with Gasteiger partial charge in [0.2, 0.25) is 0 Å². The van der Waals surface area contributed by atoms with E-state index in [2.05, 4.69) is 13.8 Å². The van der Waals surface area contributed by atoms with Gasteiger partial charge >= 0.3 is 0 Å². The Balaban J connectivity index is 1.76. The van der Waals surface area contributed by atoms with E-state index in [1.165, 1.54) is 25.7 Å². The topological polar surface area (TPSA) is 18.5 Å². The Kier molecular flexibility index (Phi) is 3.13. The Morgan fingerprint density at radius 2 is 2.00 bits per heavy atom. The van der Waals surface area contributed by atoms with E-state index < -0.39 is 0 Å². The maximum absolute atomic E-state index is 6.04. The molecule has 1 unspecified atom stereocenters. The molecule has 1 aliphatic heterocycles. The average Bonchev–Trinajstić information content (AvgIpc) is 2.74. The van der Waals surface area contributed by atoms with Crippen molar-refractivity contribution in [2.45, 2.75) is 64.3 Å². The highest BCUT2D eigenvalue weighted by Crippen LogP contribution is 2.40. The Morgan fingerprint density at radius 1 is 1.29 bits per heavy atom. The summed E-state index contributed by atoms with van der Waals surface area (Å²) in [5, 5.41) is 0. The van der Waals surface area contributed by atoms with Crippen LogP contribution >= 0.6 is 0 Å². The molecule has 2 heteroatoms. The summed E-state index contributed by atoms with van der Waals surface area (Å²) in [5.41, 5.74) is 0. The highest BCUT2D eigenvalue weighted by atomic mass is 16.7. The summed E-state index contributed by atoms with van der Waals surface area (Å²) >= 11 is 0. The molecule has 0 radical (unpaired) electrons. The molecule has 1 atom stereocenters. The standard InChI is InChI=1S/C12H22O2/c1-10(2)5-6-11-9-13-12(14-11)7-3-4-8-12/h10-11H,3-9H2,1-2H3. The lowest BCUT2D eigenvalue weighted by atomic mass is 10.1. The second-order valence-electron chi connectivity index (χ2n) is 5.14. The van der Waals surface area contributed by atoms with E-state index in [0.29, 0.717) is 6.10 Å². The van der Waals surface area contributed by atoms with Crippen molar-refractivity contribution in [3.05, 3.63) is 0 Å². The first-order valence-corrected chi connectivity index (χ1v) is 6.02. The van der Waals surface area contributed by atoms with Crippen LogP contribution in [-0.2, 0) is 9.47 Å². The van der Waals surface area contributed by atoms with E-state index in [4.69, 9.17) is 9.47 Å². The van der Waals surface area contributed by atoms with Crippen LogP contribution in [0.25, 0.3) is 0 Å². The first-order valence-electron chi connectivity index (χ1n) is 6.02. The summed E-state index contributed by atoms with van der Waals surface area (Å²) in [7, 11) is 0. The van der Waals surface area contributed by atoms with Crippen molar-refractivity contribution in [2.75, 3.05) is 6.61 Å². The lowest BCUT2D eigenvalue weighted by Gasteiger charge is -2.22. The Labute approximate surface area is 87.0 Å². The molecule has 2 nitrogen and oxygen atoms in total. The zero-order valence-electron chi connectivity index (χ0n) is 9.42. The second kappa shape index (κ2) is 4.19. The van der Waals surface area contributed by atoms with Crippen LogP contribution in [0.15, 0.2) is 0 Å². The van der Waals surface area contributed by atoms with Gasteiger partial charge in [-0.15, -0.1) is 0 Å². The first kappa shape index (κ1) is 10.4. The van der Waals surface area contributed by atoms with Crippen LogP contribution in [0.4, 0.5) is 0 Å². The third-order valence-corrected chi connectivity index (χ3v) is 3.35. The molecular formula is C12H22O2. The minimum absolute atomic E-state index is 0.151. The average molecular weight is 198 g/mol. The molecule has 14 heavy (non-hydrogen) atoms. The molecule has 1 aliphatic carbocycles. The van der Waals surface area contributed by atoms with Gasteiger partial charge in [0.1, 0.15) is 0 Å². The van der Waals surface area contributed by atoms with E-state index in [1.54, 1.807) is 0 Å². The zero-order valence-corrected chi connectivity index (χ0v) is 9.42. The van der Waals surface area contributed by atoms with Crippen LogP contribution in [0, 0.1) is 5.92 Å². The summed E-state index contributed by atoms with van der Waals surface area (Å²) in [4.78, 5) is 0. The molecule has 1 saturated heterocycles. The quantitative estimate of drug-likeness (QED) is 0.693. The van der Waals surface area contributed by atoms with Gasteiger partial charge < -0.3 is 9.47 Å². The van der Waals surface area contributed by atoms with Crippen LogP contribution < -0.4 is 0 Å². The lowest BCUT2D eigenvalue weighted by Crippen LogP contribution is -2.26. The summed E-state index contributed by atoms with van der Waals surface area (Å²) in [5.74, 6) is 0.625. The minimum Gasteiger partial charge on any atom is -0.347 e. The Hall–Kier alpha value is -0.0800. The zero-order chi connectivity index (χ0) is 10.0. The summed E-state index contributed by atoms with van der Waals surface area (Å²) in [6.45, 7) is 5.36. The van der Waals surface area contributed by atoms with E-state index in [1.807, 2.05) is 0 Å². The second-order valence-corrected chi connectivity index (χ2v) is 5.14. The van der Waals surface area contributed by atoms with Gasteiger partial charge in [-0.05, 0) is 31.6 Å². The fraction of sp³-hybridized carbons (Fsp3) is 1.00. The molecule has 0 aromatic rings. The fourth-order valence-electron chi connectivity index (χ4n) is 2.45. The molecule has 1 heterocycles. The number of ether oxygens (including phenoxy) is 2. The van der Waals surface area contributed by atoms with Gasteiger partial charge in [0, 0.05) is 12.8 Å². The highest BCUT2D eigenvalue weighted by Gasteiger charge is 2.43. The van der Waals surface area contributed by atoms with Crippen molar-refractivity contribution in [1.82, 2.24) is 0 Å². The van der Waals surface area contributed by atoms with Gasteiger partial charge in [-0.25, -0.2) is 0 Å². The molecule has 0 amide bonds. The van der Waals surface area contributed by atoms with Gasteiger partial charge in [0.05, 0.1) is 12.7 Å². The van der Waals surface area contributed by atoms with E-state index in [0.717, 1.165) is 25.4 Å². The largest absolute Gasteiger partial charge is 0.347 e. The van der Waals surface area contributed by atoms with Crippen LogP contribution in [0.2, 0.25) is 0 Å². The molecule has 0 aromatic carbocycles. The SMILES string of the molecule is CC(C)CCC1COC2(CCCC2)O1. The molecule has 82 valence electrons. The Bertz CT molecular complexity index is 183. The molecule has 0 aromatic heterocycles. The van der Waals surface area contributed by atoms with Gasteiger partial charge in [0.25, 0.3) is 0 Å². The predicted molar refractivity (Wildman–Crippen MR) is 56.1 cm³/mol. The third kappa shape index (κ3) is 2.29. The monoisotopic (exact) mass is 198 g/mol. The van der Waals surface area contributed by atoms with Crippen LogP contribution in [0.1, 0.15) is 52.4 Å². The molecule has 2 rings (SSSR count). The first-order chi connectivity index (χ1) is 6.70. The maximum atomic E-state index is 6.04. The van der Waals surface area contributed by atoms with Crippen molar-refractivity contribution < 1.29 is 9.47 Å². The summed E-state index contributed by atoms with van der Waals surface area (Å²) in [6.07, 6.45) is 7.57. The smallest absolute Gasteiger partial charge is 0.168 e. The van der Waals surface area contributed by atoms with Gasteiger partial charge in [-0.3, -0.25) is 0 Å². The molecule has 2 fully saturated rings. The van der Waals surface area contributed by atoms with Gasteiger partial charge in [-0.1, -0.05) is 13.8 Å². The van der Waals surface area contributed by atoms with Crippen LogP contribution in [-0.4, -0.2) is 18.5 Å². The maximum Gasteiger partial charge on any atom is 0.168 e. The predicted octanol–water partition coefficient (Wildman–Crippen LogP) is 3.11. The highest BCUT2D eigenvalue weighted by molar-refractivity contribution is 4.83. The van der Waals surface area contributed by atoms with Crippen molar-refractivity contribution in [3.8, 4) is 0 Å². The fourth-order valence-corrected chi connectivity index (χ4v) is 2.45. The van der Waals surface area contributed by atoms with Crippen molar-refractivity contribution in [3.63, 3.8) is 0 Å². The third-order valence-electron chi connectivity index (χ3n) is 3.35. The molecule has 0 bridgehead atoms. The molecule has 1 spiro atoms. The molecular weight excluding hydrogens is 176 g/mol. The molecule has 0 N–H and O–H groups in total. The summed E-state index contributed by atoms with van der Waals surface area (Å²) in [6, 6.07) is 0. The van der Waals surface area contributed by atoms with Crippen LogP contribution in [0.3, 0.4) is 0 Å². The lowest BCUT2D eigenvalue weighted by molar-refractivity contribution is -0.162. The molecule has 1 saturated carbocycles. The van der Waals surface area contributed by atoms with Gasteiger partial charge in [0.15, 0.2) is 5.79 Å². The van der Waals surface area contributed by atoms with E-state index in [9.17, 15) is 0 Å². The van der Waals surface area contributed by atoms with Gasteiger partial charge in [-0.2, -0.15) is 0 Å².